The van der Waals surface area contributed by atoms with Crippen molar-refractivity contribution in [1.82, 2.24) is 9.97 Å². The fourth-order valence-electron chi connectivity index (χ4n) is 2.38. The van der Waals surface area contributed by atoms with Gasteiger partial charge in [-0.05, 0) is 51.3 Å². The molecule has 1 aromatic heterocycles. The van der Waals surface area contributed by atoms with Crippen LogP contribution in [0.2, 0.25) is 0 Å². The molecule has 0 bridgehead atoms. The van der Waals surface area contributed by atoms with E-state index in [0.29, 0.717) is 12.5 Å². The van der Waals surface area contributed by atoms with Gasteiger partial charge in [0.2, 0.25) is 0 Å². The van der Waals surface area contributed by atoms with E-state index >= 15 is 0 Å². The highest BCUT2D eigenvalue weighted by molar-refractivity contribution is 5.56. The second kappa shape index (κ2) is 6.14. The van der Waals surface area contributed by atoms with Crippen LogP contribution in [0, 0.1) is 26.7 Å². The molecule has 1 aromatic carbocycles. The molecule has 0 aliphatic carbocycles. The first-order chi connectivity index (χ1) is 9.51. The average Bonchev–Trinajstić information content (AvgIpc) is 2.42. The van der Waals surface area contributed by atoms with Gasteiger partial charge in [0, 0.05) is 17.0 Å². The van der Waals surface area contributed by atoms with Crippen LogP contribution in [0.1, 0.15) is 29.4 Å². The third kappa shape index (κ3) is 3.23. The molecule has 2 rings (SSSR count). The molecule has 1 heterocycles. The van der Waals surface area contributed by atoms with Crippen molar-refractivity contribution in [2.45, 2.75) is 34.1 Å². The molecule has 1 atom stereocenters. The normalized spacial score (nSPS) is 12.4. The minimum atomic E-state index is 0.459. The summed E-state index contributed by atoms with van der Waals surface area (Å²) in [5, 5.41) is 0. The Labute approximate surface area is 121 Å². The Morgan fingerprint density at radius 2 is 1.75 bits per heavy atom. The summed E-state index contributed by atoms with van der Waals surface area (Å²) < 4.78 is 0. The van der Waals surface area contributed by atoms with Crippen molar-refractivity contribution in [3.8, 4) is 11.4 Å². The van der Waals surface area contributed by atoms with E-state index in [4.69, 9.17) is 5.73 Å². The van der Waals surface area contributed by atoms with E-state index in [2.05, 4.69) is 55.9 Å². The maximum atomic E-state index is 5.72. The Kier molecular flexibility index (Phi) is 4.50. The van der Waals surface area contributed by atoms with Gasteiger partial charge in [0.05, 0.1) is 0 Å². The molecule has 2 aromatic rings. The molecule has 0 fully saturated rings. The van der Waals surface area contributed by atoms with Crippen LogP contribution in [0.4, 0.5) is 0 Å². The van der Waals surface area contributed by atoms with Crippen LogP contribution >= 0.6 is 0 Å². The van der Waals surface area contributed by atoms with Crippen molar-refractivity contribution >= 4 is 0 Å². The van der Waals surface area contributed by atoms with Crippen LogP contribution < -0.4 is 5.73 Å². The number of rotatable bonds is 4. The molecule has 0 amide bonds. The molecule has 0 radical (unpaired) electrons. The highest BCUT2D eigenvalue weighted by Gasteiger charge is 2.12. The van der Waals surface area contributed by atoms with Crippen molar-refractivity contribution in [2.75, 3.05) is 6.54 Å². The van der Waals surface area contributed by atoms with Gasteiger partial charge in [-0.25, -0.2) is 9.97 Å². The quantitative estimate of drug-likeness (QED) is 0.927. The number of nitrogens with two attached hydrogens (primary N) is 1. The maximum Gasteiger partial charge on any atom is 0.159 e. The van der Waals surface area contributed by atoms with E-state index in [9.17, 15) is 0 Å². The summed E-state index contributed by atoms with van der Waals surface area (Å²) in [7, 11) is 0. The van der Waals surface area contributed by atoms with Gasteiger partial charge in [-0.2, -0.15) is 0 Å². The Morgan fingerprint density at radius 1 is 1.10 bits per heavy atom. The molecule has 3 heteroatoms. The minimum absolute atomic E-state index is 0.459. The van der Waals surface area contributed by atoms with Gasteiger partial charge in [-0.1, -0.05) is 30.7 Å². The highest BCUT2D eigenvalue weighted by atomic mass is 14.9. The molecule has 3 nitrogen and oxygen atoms in total. The highest BCUT2D eigenvalue weighted by Crippen LogP contribution is 2.21. The van der Waals surface area contributed by atoms with Crippen molar-refractivity contribution in [3.05, 3.63) is 46.8 Å². The molecule has 0 saturated heterocycles. The Bertz CT molecular complexity index is 582. The van der Waals surface area contributed by atoms with E-state index < -0.39 is 0 Å². The summed E-state index contributed by atoms with van der Waals surface area (Å²) in [5.74, 6) is 1.27. The number of benzene rings is 1. The SMILES string of the molecule is Cc1cccc(-c2nc(C)c(CC(C)CN)c(C)n2)c1. The third-order valence-electron chi connectivity index (χ3n) is 3.65. The van der Waals surface area contributed by atoms with Gasteiger partial charge in [0.1, 0.15) is 0 Å². The number of aryl methyl sites for hydroxylation is 3. The summed E-state index contributed by atoms with van der Waals surface area (Å²) in [4.78, 5) is 9.36. The smallest absolute Gasteiger partial charge is 0.159 e. The standard InChI is InChI=1S/C17H23N3/c1-11-6-5-7-15(8-11)17-19-13(3)16(14(4)20-17)9-12(2)10-18/h5-8,12H,9-10,18H2,1-4H3. The summed E-state index contributed by atoms with van der Waals surface area (Å²) in [6.45, 7) is 9.06. The van der Waals surface area contributed by atoms with Crippen LogP contribution in [0.25, 0.3) is 11.4 Å². The fourth-order valence-corrected chi connectivity index (χ4v) is 2.38. The third-order valence-corrected chi connectivity index (χ3v) is 3.65. The second-order valence-electron chi connectivity index (χ2n) is 5.61. The zero-order valence-corrected chi connectivity index (χ0v) is 12.8. The molecule has 0 aliphatic rings. The van der Waals surface area contributed by atoms with Crippen LogP contribution in [-0.2, 0) is 6.42 Å². The summed E-state index contributed by atoms with van der Waals surface area (Å²) in [6.07, 6.45) is 0.947. The molecular weight excluding hydrogens is 246 g/mol. The zero-order chi connectivity index (χ0) is 14.7. The first kappa shape index (κ1) is 14.7. The van der Waals surface area contributed by atoms with E-state index in [0.717, 1.165) is 29.2 Å². The van der Waals surface area contributed by atoms with Crippen molar-refractivity contribution in [3.63, 3.8) is 0 Å². The zero-order valence-electron chi connectivity index (χ0n) is 12.8. The van der Waals surface area contributed by atoms with E-state index in [1.807, 2.05) is 6.07 Å². The molecule has 0 spiro atoms. The lowest BCUT2D eigenvalue weighted by Gasteiger charge is -2.14. The van der Waals surface area contributed by atoms with Gasteiger partial charge >= 0.3 is 0 Å². The molecule has 2 N–H and O–H groups in total. The lowest BCUT2D eigenvalue weighted by Crippen LogP contribution is -2.15. The predicted molar refractivity (Wildman–Crippen MR) is 83.6 cm³/mol. The van der Waals surface area contributed by atoms with E-state index in [1.54, 1.807) is 0 Å². The second-order valence-corrected chi connectivity index (χ2v) is 5.61. The summed E-state index contributed by atoms with van der Waals surface area (Å²) in [6, 6.07) is 8.31. The Morgan fingerprint density at radius 3 is 2.30 bits per heavy atom. The Balaban J connectivity index is 2.40. The lowest BCUT2D eigenvalue weighted by atomic mass is 9.98. The average molecular weight is 269 g/mol. The lowest BCUT2D eigenvalue weighted by molar-refractivity contribution is 0.586. The minimum Gasteiger partial charge on any atom is -0.330 e. The molecule has 0 aliphatic heterocycles. The van der Waals surface area contributed by atoms with Crippen LogP contribution in [0.3, 0.4) is 0 Å². The van der Waals surface area contributed by atoms with Gasteiger partial charge in [0.15, 0.2) is 5.82 Å². The van der Waals surface area contributed by atoms with Gasteiger partial charge < -0.3 is 5.73 Å². The van der Waals surface area contributed by atoms with E-state index in [1.165, 1.54) is 11.1 Å². The van der Waals surface area contributed by atoms with Gasteiger partial charge in [-0.15, -0.1) is 0 Å². The van der Waals surface area contributed by atoms with Crippen LogP contribution in [0.15, 0.2) is 24.3 Å². The van der Waals surface area contributed by atoms with Crippen molar-refractivity contribution < 1.29 is 0 Å². The molecule has 20 heavy (non-hydrogen) atoms. The fraction of sp³-hybridized carbons (Fsp3) is 0.412. The Hall–Kier alpha value is -1.74. The maximum absolute atomic E-state index is 5.72. The largest absolute Gasteiger partial charge is 0.330 e. The molecular formula is C17H23N3. The van der Waals surface area contributed by atoms with E-state index in [-0.39, 0.29) is 0 Å². The first-order valence-corrected chi connectivity index (χ1v) is 7.12. The number of hydrogen-bond donors (Lipinski definition) is 1. The molecule has 0 saturated carbocycles. The monoisotopic (exact) mass is 269 g/mol. The molecule has 1 unspecified atom stereocenters. The van der Waals surface area contributed by atoms with Gasteiger partial charge in [-0.3, -0.25) is 0 Å². The number of nitrogens with zero attached hydrogens (tertiary/aromatic N) is 2. The van der Waals surface area contributed by atoms with Crippen LogP contribution in [-0.4, -0.2) is 16.5 Å². The number of hydrogen-bond acceptors (Lipinski definition) is 3. The van der Waals surface area contributed by atoms with Crippen molar-refractivity contribution in [1.29, 1.82) is 0 Å². The topological polar surface area (TPSA) is 51.8 Å². The predicted octanol–water partition coefficient (Wildman–Crippen LogP) is 3.21. The van der Waals surface area contributed by atoms with Crippen LogP contribution in [0.5, 0.6) is 0 Å². The summed E-state index contributed by atoms with van der Waals surface area (Å²) >= 11 is 0. The summed E-state index contributed by atoms with van der Waals surface area (Å²) in [5.41, 5.74) is 11.4. The molecule has 106 valence electrons. The first-order valence-electron chi connectivity index (χ1n) is 7.12. The number of aromatic nitrogens is 2. The van der Waals surface area contributed by atoms with Crippen molar-refractivity contribution in [2.24, 2.45) is 11.7 Å². The van der Waals surface area contributed by atoms with Gasteiger partial charge in [0.25, 0.3) is 0 Å².